The zero-order valence-electron chi connectivity index (χ0n) is 10.8. The van der Waals surface area contributed by atoms with E-state index in [1.54, 1.807) is 0 Å². The van der Waals surface area contributed by atoms with Crippen molar-refractivity contribution in [3.05, 3.63) is 0 Å². The molecule has 0 spiro atoms. The van der Waals surface area contributed by atoms with Crippen LogP contribution in [0.2, 0.25) is 0 Å². The Morgan fingerprint density at radius 2 is 2.06 bits per heavy atom. The first-order valence-electron chi connectivity index (χ1n) is 6.68. The van der Waals surface area contributed by atoms with E-state index in [4.69, 9.17) is 4.74 Å². The predicted molar refractivity (Wildman–Crippen MR) is 65.1 cm³/mol. The van der Waals surface area contributed by atoms with E-state index in [0.29, 0.717) is 19.4 Å². The van der Waals surface area contributed by atoms with Crippen LogP contribution in [-0.2, 0) is 14.3 Å². The Morgan fingerprint density at radius 3 is 2.56 bits per heavy atom. The molecule has 2 fully saturated rings. The second-order valence-corrected chi connectivity index (χ2v) is 5.57. The van der Waals surface area contributed by atoms with E-state index in [9.17, 15) is 14.7 Å². The lowest BCUT2D eigenvalue weighted by atomic mass is 9.86. The van der Waals surface area contributed by atoms with Gasteiger partial charge in [0.05, 0.1) is 5.41 Å². The molecule has 0 bridgehead atoms. The molecule has 1 saturated carbocycles. The summed E-state index contributed by atoms with van der Waals surface area (Å²) in [4.78, 5) is 23.3. The van der Waals surface area contributed by atoms with Gasteiger partial charge in [0.25, 0.3) is 0 Å². The average Bonchev–Trinajstić information content (AvgIpc) is 2.95. The maximum absolute atomic E-state index is 11.9. The fourth-order valence-corrected chi connectivity index (χ4v) is 2.91. The summed E-state index contributed by atoms with van der Waals surface area (Å²) in [6.07, 6.45) is 3.66. The highest BCUT2D eigenvalue weighted by atomic mass is 16.5. The lowest BCUT2D eigenvalue weighted by Gasteiger charge is -2.25. The van der Waals surface area contributed by atoms with Crippen molar-refractivity contribution in [3.8, 4) is 0 Å². The van der Waals surface area contributed by atoms with Crippen molar-refractivity contribution in [1.29, 1.82) is 0 Å². The molecule has 1 aliphatic carbocycles. The van der Waals surface area contributed by atoms with Crippen LogP contribution in [0.5, 0.6) is 0 Å². The first-order valence-corrected chi connectivity index (χ1v) is 6.68. The molecule has 2 aliphatic rings. The summed E-state index contributed by atoms with van der Waals surface area (Å²) in [7, 11) is 0. The minimum atomic E-state index is -0.791. The molecule has 0 aromatic carbocycles. The Hall–Kier alpha value is -1.10. The van der Waals surface area contributed by atoms with Crippen LogP contribution in [0.1, 0.15) is 39.0 Å². The maximum atomic E-state index is 11.9. The van der Waals surface area contributed by atoms with Crippen LogP contribution in [0.25, 0.3) is 0 Å². The fourth-order valence-electron chi connectivity index (χ4n) is 2.91. The Balaban J connectivity index is 1.90. The third-order valence-electron chi connectivity index (χ3n) is 4.26. The largest absolute Gasteiger partial charge is 0.481 e. The van der Waals surface area contributed by atoms with E-state index in [-0.39, 0.29) is 18.4 Å². The van der Waals surface area contributed by atoms with Gasteiger partial charge < -0.3 is 15.2 Å². The summed E-state index contributed by atoms with van der Waals surface area (Å²) in [6.45, 7) is 2.83. The van der Waals surface area contributed by atoms with E-state index < -0.39 is 17.5 Å². The molecular weight excluding hydrogens is 234 g/mol. The Bertz CT molecular complexity index is 336. The number of carboxylic acid groups (broad SMARTS) is 1. The lowest BCUT2D eigenvalue weighted by molar-refractivity contribution is -0.149. The van der Waals surface area contributed by atoms with E-state index in [0.717, 1.165) is 19.3 Å². The van der Waals surface area contributed by atoms with Gasteiger partial charge in [-0.1, -0.05) is 19.8 Å². The van der Waals surface area contributed by atoms with Crippen LogP contribution < -0.4 is 5.32 Å². The second-order valence-electron chi connectivity index (χ2n) is 5.57. The number of nitrogens with one attached hydrogen (secondary N) is 1. The minimum Gasteiger partial charge on any atom is -0.481 e. The van der Waals surface area contributed by atoms with Crippen molar-refractivity contribution in [2.24, 2.45) is 11.3 Å². The molecule has 1 saturated heterocycles. The molecule has 1 amide bonds. The molecule has 0 aromatic heterocycles. The van der Waals surface area contributed by atoms with Gasteiger partial charge in [0.2, 0.25) is 5.91 Å². The van der Waals surface area contributed by atoms with E-state index in [1.807, 2.05) is 6.92 Å². The summed E-state index contributed by atoms with van der Waals surface area (Å²) in [5, 5.41) is 12.1. The molecule has 2 atom stereocenters. The van der Waals surface area contributed by atoms with Crippen molar-refractivity contribution in [1.82, 2.24) is 5.32 Å². The molecule has 5 heteroatoms. The highest BCUT2D eigenvalue weighted by Gasteiger charge is 2.42. The number of hydrogen-bond acceptors (Lipinski definition) is 3. The highest BCUT2D eigenvalue weighted by molar-refractivity contribution is 5.82. The van der Waals surface area contributed by atoms with Gasteiger partial charge in [-0.2, -0.15) is 0 Å². The van der Waals surface area contributed by atoms with Gasteiger partial charge in [-0.15, -0.1) is 0 Å². The molecule has 1 aliphatic heterocycles. The monoisotopic (exact) mass is 255 g/mol. The standard InChI is InChI=1S/C13H21NO4/c1-9-4-7-18-10(9)11(15)14-8-13(12(16)17)5-2-3-6-13/h9-10H,2-8H2,1H3,(H,14,15)(H,16,17). The van der Waals surface area contributed by atoms with Crippen molar-refractivity contribution >= 4 is 11.9 Å². The Kier molecular flexibility index (Phi) is 3.90. The third kappa shape index (κ3) is 2.51. The van der Waals surface area contributed by atoms with Gasteiger partial charge in [0.1, 0.15) is 6.10 Å². The van der Waals surface area contributed by atoms with Crippen LogP contribution in [0.3, 0.4) is 0 Å². The summed E-state index contributed by atoms with van der Waals surface area (Å²) < 4.78 is 5.38. The number of amides is 1. The number of aliphatic carboxylic acids is 1. The molecule has 1 heterocycles. The van der Waals surface area contributed by atoms with Crippen LogP contribution in [-0.4, -0.2) is 36.2 Å². The van der Waals surface area contributed by atoms with E-state index in [2.05, 4.69) is 5.32 Å². The highest BCUT2D eigenvalue weighted by Crippen LogP contribution is 2.37. The predicted octanol–water partition coefficient (Wildman–Crippen LogP) is 1.17. The number of carbonyl (C=O) groups excluding carboxylic acids is 1. The quantitative estimate of drug-likeness (QED) is 0.790. The summed E-state index contributed by atoms with van der Waals surface area (Å²) in [5.74, 6) is -0.734. The van der Waals surface area contributed by atoms with Gasteiger partial charge in [-0.05, 0) is 25.2 Å². The minimum absolute atomic E-state index is 0.160. The molecule has 5 nitrogen and oxygen atoms in total. The third-order valence-corrected chi connectivity index (χ3v) is 4.26. The van der Waals surface area contributed by atoms with Gasteiger partial charge >= 0.3 is 5.97 Å². The number of ether oxygens (including phenoxy) is 1. The summed E-state index contributed by atoms with van der Waals surface area (Å²) in [5.41, 5.74) is -0.752. The first kappa shape index (κ1) is 13.3. The van der Waals surface area contributed by atoms with Crippen molar-refractivity contribution in [2.75, 3.05) is 13.2 Å². The van der Waals surface area contributed by atoms with Crippen molar-refractivity contribution in [3.63, 3.8) is 0 Å². The molecule has 2 N–H and O–H groups in total. The topological polar surface area (TPSA) is 75.6 Å². The smallest absolute Gasteiger partial charge is 0.311 e. The van der Waals surface area contributed by atoms with Crippen LogP contribution in [0, 0.1) is 11.3 Å². The van der Waals surface area contributed by atoms with Gasteiger partial charge in [-0.25, -0.2) is 0 Å². The molecule has 2 rings (SSSR count). The lowest BCUT2D eigenvalue weighted by Crippen LogP contribution is -2.45. The first-order chi connectivity index (χ1) is 8.55. The number of carbonyl (C=O) groups is 2. The van der Waals surface area contributed by atoms with E-state index in [1.165, 1.54) is 0 Å². The van der Waals surface area contributed by atoms with Crippen LogP contribution in [0.15, 0.2) is 0 Å². The van der Waals surface area contributed by atoms with Crippen LogP contribution >= 0.6 is 0 Å². The maximum Gasteiger partial charge on any atom is 0.311 e. The fraction of sp³-hybridized carbons (Fsp3) is 0.846. The van der Waals surface area contributed by atoms with Crippen molar-refractivity contribution < 1.29 is 19.4 Å². The molecule has 0 radical (unpaired) electrons. The van der Waals surface area contributed by atoms with Gasteiger partial charge in [0.15, 0.2) is 0 Å². The molecular formula is C13H21NO4. The SMILES string of the molecule is CC1CCOC1C(=O)NCC1(C(=O)O)CCCC1. The zero-order valence-corrected chi connectivity index (χ0v) is 10.8. The Labute approximate surface area is 107 Å². The van der Waals surface area contributed by atoms with Gasteiger partial charge in [-0.3, -0.25) is 9.59 Å². The van der Waals surface area contributed by atoms with Gasteiger partial charge in [0, 0.05) is 13.2 Å². The molecule has 2 unspecified atom stereocenters. The number of hydrogen-bond donors (Lipinski definition) is 2. The average molecular weight is 255 g/mol. The summed E-state index contributed by atoms with van der Waals surface area (Å²) >= 11 is 0. The molecule has 102 valence electrons. The Morgan fingerprint density at radius 1 is 1.39 bits per heavy atom. The van der Waals surface area contributed by atoms with E-state index >= 15 is 0 Å². The zero-order chi connectivity index (χ0) is 13.2. The van der Waals surface area contributed by atoms with Crippen LogP contribution in [0.4, 0.5) is 0 Å². The molecule has 18 heavy (non-hydrogen) atoms. The van der Waals surface area contributed by atoms with Crippen molar-refractivity contribution in [2.45, 2.75) is 45.1 Å². The summed E-state index contributed by atoms with van der Waals surface area (Å²) in [6, 6.07) is 0. The molecule has 0 aromatic rings. The number of rotatable bonds is 4. The normalized spacial score (nSPS) is 30.3. The second kappa shape index (κ2) is 5.26. The number of carboxylic acids is 1.